The first kappa shape index (κ1) is 16.5. The van der Waals surface area contributed by atoms with Crippen LogP contribution in [0.25, 0.3) is 0 Å². The SMILES string of the molecule is COc1cc(NC(=O)C(C)(C)C(N)=S)c(OC)cc1Cl. The summed E-state index contributed by atoms with van der Waals surface area (Å²) in [5.74, 6) is 0.506. The Hall–Kier alpha value is -1.53. The van der Waals surface area contributed by atoms with Crippen molar-refractivity contribution in [3.05, 3.63) is 17.2 Å². The van der Waals surface area contributed by atoms with Crippen LogP contribution in [-0.2, 0) is 4.79 Å². The third kappa shape index (κ3) is 3.32. The zero-order chi connectivity index (χ0) is 15.5. The summed E-state index contributed by atoms with van der Waals surface area (Å²) in [5.41, 5.74) is 5.02. The van der Waals surface area contributed by atoms with E-state index in [1.165, 1.54) is 14.2 Å². The number of thiocarbonyl (C=S) groups is 1. The Morgan fingerprint density at radius 1 is 1.30 bits per heavy atom. The number of benzene rings is 1. The van der Waals surface area contributed by atoms with Crippen LogP contribution in [0.2, 0.25) is 5.02 Å². The number of carbonyl (C=O) groups excluding carboxylic acids is 1. The van der Waals surface area contributed by atoms with Crippen molar-refractivity contribution in [2.24, 2.45) is 11.1 Å². The molecule has 0 spiro atoms. The van der Waals surface area contributed by atoms with Gasteiger partial charge in [0, 0.05) is 12.1 Å². The lowest BCUT2D eigenvalue weighted by Crippen LogP contribution is -2.41. The first-order valence-corrected chi connectivity index (χ1v) is 6.55. The zero-order valence-corrected chi connectivity index (χ0v) is 13.3. The minimum atomic E-state index is -0.979. The number of hydrogen-bond donors (Lipinski definition) is 2. The molecule has 0 atom stereocenters. The summed E-state index contributed by atoms with van der Waals surface area (Å²) in [6.45, 7) is 3.29. The summed E-state index contributed by atoms with van der Waals surface area (Å²) < 4.78 is 10.3. The largest absolute Gasteiger partial charge is 0.495 e. The molecule has 0 aliphatic heterocycles. The minimum Gasteiger partial charge on any atom is -0.495 e. The summed E-state index contributed by atoms with van der Waals surface area (Å²) in [7, 11) is 2.96. The molecule has 1 amide bonds. The Balaban J connectivity index is 3.14. The smallest absolute Gasteiger partial charge is 0.236 e. The van der Waals surface area contributed by atoms with Crippen LogP contribution in [0.15, 0.2) is 12.1 Å². The molecule has 0 bridgehead atoms. The molecule has 0 heterocycles. The van der Waals surface area contributed by atoms with E-state index >= 15 is 0 Å². The van der Waals surface area contributed by atoms with Crippen LogP contribution in [0.5, 0.6) is 11.5 Å². The third-order valence-electron chi connectivity index (χ3n) is 2.91. The van der Waals surface area contributed by atoms with E-state index < -0.39 is 5.41 Å². The van der Waals surface area contributed by atoms with E-state index in [1.54, 1.807) is 26.0 Å². The highest BCUT2D eigenvalue weighted by atomic mass is 35.5. The van der Waals surface area contributed by atoms with Crippen molar-refractivity contribution in [2.75, 3.05) is 19.5 Å². The Morgan fingerprint density at radius 3 is 2.30 bits per heavy atom. The highest BCUT2D eigenvalue weighted by Crippen LogP contribution is 2.36. The number of carbonyl (C=O) groups is 1. The summed E-state index contributed by atoms with van der Waals surface area (Å²) in [4.78, 5) is 12.3. The Bertz CT molecular complexity index is 547. The lowest BCUT2D eigenvalue weighted by Gasteiger charge is -2.23. The zero-order valence-electron chi connectivity index (χ0n) is 11.7. The minimum absolute atomic E-state index is 0.106. The molecule has 3 N–H and O–H groups in total. The van der Waals surface area contributed by atoms with Gasteiger partial charge in [-0.25, -0.2) is 0 Å². The molecule has 0 saturated heterocycles. The number of nitrogens with two attached hydrogens (primary N) is 1. The number of rotatable bonds is 5. The van der Waals surface area contributed by atoms with Gasteiger partial charge in [0.15, 0.2) is 0 Å². The van der Waals surface area contributed by atoms with Crippen molar-refractivity contribution in [2.45, 2.75) is 13.8 Å². The quantitative estimate of drug-likeness (QED) is 0.817. The predicted molar refractivity (Wildman–Crippen MR) is 83.8 cm³/mol. The molecule has 0 radical (unpaired) electrons. The van der Waals surface area contributed by atoms with Crippen LogP contribution in [0.4, 0.5) is 5.69 Å². The molecule has 0 unspecified atom stereocenters. The van der Waals surface area contributed by atoms with Gasteiger partial charge in [-0.15, -0.1) is 0 Å². The summed E-state index contributed by atoms with van der Waals surface area (Å²) in [6, 6.07) is 3.14. The van der Waals surface area contributed by atoms with E-state index in [-0.39, 0.29) is 10.9 Å². The standard InChI is InChI=1S/C13H17ClN2O3S/c1-13(2,11(15)20)12(17)16-8-6-9(18-3)7(14)5-10(8)19-4/h5-6H,1-4H3,(H2,15,20)(H,16,17). The molecule has 0 aliphatic rings. The molecule has 7 heteroatoms. The second-order valence-electron chi connectivity index (χ2n) is 4.63. The predicted octanol–water partition coefficient (Wildman–Crippen LogP) is 2.61. The first-order valence-electron chi connectivity index (χ1n) is 5.77. The van der Waals surface area contributed by atoms with Crippen LogP contribution in [0.3, 0.4) is 0 Å². The molecule has 110 valence electrons. The number of ether oxygens (including phenoxy) is 2. The average molecular weight is 317 g/mol. The van der Waals surface area contributed by atoms with Crippen LogP contribution in [0, 0.1) is 5.41 Å². The fourth-order valence-electron chi connectivity index (χ4n) is 1.35. The maximum atomic E-state index is 12.2. The molecule has 0 fully saturated rings. The molecule has 0 saturated carbocycles. The van der Waals surface area contributed by atoms with Crippen molar-refractivity contribution < 1.29 is 14.3 Å². The summed E-state index contributed by atoms with van der Waals surface area (Å²) in [6.07, 6.45) is 0. The van der Waals surface area contributed by atoms with E-state index in [0.717, 1.165) is 0 Å². The Labute approximate surface area is 128 Å². The lowest BCUT2D eigenvalue weighted by molar-refractivity contribution is -0.121. The summed E-state index contributed by atoms with van der Waals surface area (Å²) >= 11 is 10.9. The second kappa shape index (κ2) is 6.28. The van der Waals surface area contributed by atoms with E-state index in [9.17, 15) is 4.79 Å². The van der Waals surface area contributed by atoms with Gasteiger partial charge >= 0.3 is 0 Å². The normalized spacial score (nSPS) is 10.8. The van der Waals surface area contributed by atoms with Gasteiger partial charge in [0.05, 0.1) is 35.3 Å². The van der Waals surface area contributed by atoms with Gasteiger partial charge in [-0.05, 0) is 13.8 Å². The topological polar surface area (TPSA) is 73.6 Å². The van der Waals surface area contributed by atoms with Crippen LogP contribution in [0.1, 0.15) is 13.8 Å². The van der Waals surface area contributed by atoms with Crippen LogP contribution < -0.4 is 20.5 Å². The van der Waals surface area contributed by atoms with Gasteiger partial charge in [0.1, 0.15) is 11.5 Å². The second-order valence-corrected chi connectivity index (χ2v) is 5.48. The highest BCUT2D eigenvalue weighted by molar-refractivity contribution is 7.80. The average Bonchev–Trinajstić information content (AvgIpc) is 2.39. The molecule has 1 rings (SSSR count). The molecular formula is C13H17ClN2O3S. The van der Waals surface area contributed by atoms with Gasteiger partial charge in [-0.2, -0.15) is 0 Å². The summed E-state index contributed by atoms with van der Waals surface area (Å²) in [5, 5.41) is 3.10. The Morgan fingerprint density at radius 2 is 1.85 bits per heavy atom. The molecule has 1 aromatic carbocycles. The fraction of sp³-hybridized carbons (Fsp3) is 0.385. The fourth-order valence-corrected chi connectivity index (χ4v) is 1.67. The molecule has 20 heavy (non-hydrogen) atoms. The van der Waals surface area contributed by atoms with Crippen molar-refractivity contribution in [3.8, 4) is 11.5 Å². The Kier molecular flexibility index (Phi) is 5.19. The van der Waals surface area contributed by atoms with Crippen LogP contribution in [-0.4, -0.2) is 25.1 Å². The first-order chi connectivity index (χ1) is 9.23. The number of nitrogens with one attached hydrogen (secondary N) is 1. The molecule has 0 aliphatic carbocycles. The van der Waals surface area contributed by atoms with Crippen molar-refractivity contribution in [3.63, 3.8) is 0 Å². The molecule has 5 nitrogen and oxygen atoms in total. The molecular weight excluding hydrogens is 300 g/mol. The molecule has 0 aromatic heterocycles. The van der Waals surface area contributed by atoms with Gasteiger partial charge in [-0.3, -0.25) is 4.79 Å². The van der Waals surface area contributed by atoms with Crippen molar-refractivity contribution in [1.29, 1.82) is 0 Å². The number of anilines is 1. The maximum absolute atomic E-state index is 12.2. The number of hydrogen-bond acceptors (Lipinski definition) is 4. The van der Waals surface area contributed by atoms with Gasteiger partial charge in [0.2, 0.25) is 5.91 Å². The maximum Gasteiger partial charge on any atom is 0.236 e. The van der Waals surface area contributed by atoms with E-state index in [0.29, 0.717) is 22.2 Å². The van der Waals surface area contributed by atoms with Crippen molar-refractivity contribution >= 4 is 40.4 Å². The van der Waals surface area contributed by atoms with Gasteiger partial charge in [0.25, 0.3) is 0 Å². The molecule has 1 aromatic rings. The number of methoxy groups -OCH3 is 2. The van der Waals surface area contributed by atoms with E-state index in [2.05, 4.69) is 5.32 Å². The van der Waals surface area contributed by atoms with E-state index in [4.69, 9.17) is 39.0 Å². The van der Waals surface area contributed by atoms with Gasteiger partial charge < -0.3 is 20.5 Å². The highest BCUT2D eigenvalue weighted by Gasteiger charge is 2.31. The van der Waals surface area contributed by atoms with E-state index in [1.807, 2.05) is 0 Å². The number of halogens is 1. The van der Waals surface area contributed by atoms with Gasteiger partial charge in [-0.1, -0.05) is 23.8 Å². The van der Waals surface area contributed by atoms with Crippen molar-refractivity contribution in [1.82, 2.24) is 0 Å². The van der Waals surface area contributed by atoms with Crippen LogP contribution >= 0.6 is 23.8 Å². The monoisotopic (exact) mass is 316 g/mol. The number of amides is 1. The lowest BCUT2D eigenvalue weighted by atomic mass is 9.92. The third-order valence-corrected chi connectivity index (χ3v) is 3.71.